The van der Waals surface area contributed by atoms with Gasteiger partial charge in [-0.05, 0) is 54.4 Å². The molecule has 1 aliphatic rings. The van der Waals surface area contributed by atoms with Crippen LogP contribution in [-0.2, 0) is 26.7 Å². The maximum absolute atomic E-state index is 13.2. The zero-order valence-corrected chi connectivity index (χ0v) is 20.0. The van der Waals surface area contributed by atoms with E-state index in [0.29, 0.717) is 19.4 Å². The number of nitrogens with zero attached hydrogens (tertiary/aromatic N) is 4. The summed E-state index contributed by atoms with van der Waals surface area (Å²) in [6, 6.07) is -0.620. The molecule has 2 rings (SSSR count). The van der Waals surface area contributed by atoms with E-state index in [9.17, 15) is 18.0 Å². The third-order valence-electron chi connectivity index (χ3n) is 4.20. The van der Waals surface area contributed by atoms with Crippen LogP contribution in [0.1, 0.15) is 54.4 Å². The molecule has 0 aliphatic carbocycles. The highest BCUT2D eigenvalue weighted by molar-refractivity contribution is 7.91. The number of hydrogen-bond acceptors (Lipinski definition) is 7. The number of nitrogens with one attached hydrogen (secondary N) is 1. The smallest absolute Gasteiger partial charge is 0.422 e. The van der Waals surface area contributed by atoms with Gasteiger partial charge in [0.15, 0.2) is 0 Å². The van der Waals surface area contributed by atoms with Gasteiger partial charge >= 0.3 is 22.4 Å². The lowest BCUT2D eigenvalue weighted by Crippen LogP contribution is -2.56. The Morgan fingerprint density at radius 1 is 1.16 bits per heavy atom. The number of carbonyl (C=O) groups excluding carboxylic acids is 2. The van der Waals surface area contributed by atoms with Crippen molar-refractivity contribution in [3.05, 3.63) is 12.4 Å². The third kappa shape index (κ3) is 7.30. The summed E-state index contributed by atoms with van der Waals surface area (Å²) in [6.45, 7) is 10.8. The van der Waals surface area contributed by atoms with E-state index in [1.54, 1.807) is 48.6 Å². The molecular formula is C19H33N5O6S. The van der Waals surface area contributed by atoms with E-state index in [1.807, 2.05) is 4.72 Å². The predicted octanol–water partition coefficient (Wildman–Crippen LogP) is 2.40. The Morgan fingerprint density at radius 3 is 2.29 bits per heavy atom. The van der Waals surface area contributed by atoms with E-state index in [4.69, 9.17) is 9.47 Å². The van der Waals surface area contributed by atoms with Crippen LogP contribution >= 0.6 is 0 Å². The molecule has 11 nitrogen and oxygen atoms in total. The molecule has 0 radical (unpaired) electrons. The van der Waals surface area contributed by atoms with Gasteiger partial charge in [-0.3, -0.25) is 4.68 Å². The van der Waals surface area contributed by atoms with Crippen molar-refractivity contribution in [1.29, 1.82) is 0 Å². The number of amides is 2. The SMILES string of the molecule is Cn1cc(N([C@H]2CCCN(C(=O)OC(C)(C)C)C2)S(=O)(=O)NC(=O)OC(C)(C)C)cn1. The van der Waals surface area contributed by atoms with E-state index >= 15 is 0 Å². The lowest BCUT2D eigenvalue weighted by Gasteiger charge is -2.39. The van der Waals surface area contributed by atoms with Crippen molar-refractivity contribution in [2.45, 2.75) is 71.6 Å². The van der Waals surface area contributed by atoms with Crippen molar-refractivity contribution < 1.29 is 27.5 Å². The maximum atomic E-state index is 13.2. The van der Waals surface area contributed by atoms with Crippen LogP contribution in [0.25, 0.3) is 0 Å². The van der Waals surface area contributed by atoms with Crippen LogP contribution in [0.5, 0.6) is 0 Å². The molecule has 31 heavy (non-hydrogen) atoms. The summed E-state index contributed by atoms with van der Waals surface area (Å²) in [7, 11) is -2.68. The highest BCUT2D eigenvalue weighted by Crippen LogP contribution is 2.26. The molecule has 2 amide bonds. The van der Waals surface area contributed by atoms with Gasteiger partial charge in [0, 0.05) is 26.3 Å². The van der Waals surface area contributed by atoms with Crippen molar-refractivity contribution >= 4 is 28.1 Å². The molecule has 176 valence electrons. The van der Waals surface area contributed by atoms with Crippen molar-refractivity contribution in [1.82, 2.24) is 19.4 Å². The number of aryl methyl sites for hydroxylation is 1. The summed E-state index contributed by atoms with van der Waals surface area (Å²) >= 11 is 0. The molecule has 2 heterocycles. The number of rotatable bonds is 4. The summed E-state index contributed by atoms with van der Waals surface area (Å²) in [5, 5.41) is 4.05. The zero-order chi connectivity index (χ0) is 23.6. The highest BCUT2D eigenvalue weighted by Gasteiger charge is 2.38. The number of anilines is 1. The molecule has 12 heteroatoms. The van der Waals surface area contributed by atoms with Crippen LogP contribution in [0, 0.1) is 0 Å². The topological polar surface area (TPSA) is 123 Å². The van der Waals surface area contributed by atoms with E-state index in [2.05, 4.69) is 5.10 Å². The Balaban J connectivity index is 2.30. The summed E-state index contributed by atoms with van der Waals surface area (Å²) in [5.74, 6) is 0. The average molecular weight is 460 g/mol. The predicted molar refractivity (Wildman–Crippen MR) is 115 cm³/mol. The van der Waals surface area contributed by atoms with Gasteiger partial charge in [-0.1, -0.05) is 0 Å². The first-order chi connectivity index (χ1) is 14.1. The van der Waals surface area contributed by atoms with Gasteiger partial charge < -0.3 is 14.4 Å². The molecule has 0 aromatic carbocycles. The second-order valence-electron chi connectivity index (χ2n) is 9.50. The largest absolute Gasteiger partial charge is 0.444 e. The molecule has 1 aromatic heterocycles. The van der Waals surface area contributed by atoms with Crippen molar-refractivity contribution in [3.63, 3.8) is 0 Å². The number of carbonyl (C=O) groups is 2. The third-order valence-corrected chi connectivity index (χ3v) is 5.65. The summed E-state index contributed by atoms with van der Waals surface area (Å²) in [5.41, 5.74) is -1.26. The summed E-state index contributed by atoms with van der Waals surface area (Å²) in [6.07, 6.45) is 2.38. The average Bonchev–Trinajstić information content (AvgIpc) is 2.96. The van der Waals surface area contributed by atoms with Gasteiger partial charge in [-0.2, -0.15) is 13.5 Å². The standard InChI is InChI=1S/C19H33N5O6S/c1-18(2,3)29-16(25)21-31(27,28)24(15-11-20-22(7)12-15)14-9-8-10-23(13-14)17(26)30-19(4,5)6/h11-12,14H,8-10,13H2,1-7H3,(H,21,25)/t14-/m0/s1. The molecule has 1 atom stereocenters. The number of piperidine rings is 1. The van der Waals surface area contributed by atoms with Gasteiger partial charge in [-0.15, -0.1) is 0 Å². The Kier molecular flexibility index (Phi) is 7.14. The van der Waals surface area contributed by atoms with Crippen molar-refractivity contribution in [2.24, 2.45) is 7.05 Å². The molecule has 0 saturated carbocycles. The van der Waals surface area contributed by atoms with Crippen molar-refractivity contribution in [2.75, 3.05) is 17.4 Å². The fraction of sp³-hybridized carbons (Fsp3) is 0.737. The highest BCUT2D eigenvalue weighted by atomic mass is 32.2. The molecule has 1 aliphatic heterocycles. The molecular weight excluding hydrogens is 426 g/mol. The van der Waals surface area contributed by atoms with E-state index in [0.717, 1.165) is 4.31 Å². The Labute approximate surface area is 183 Å². The number of hydrogen-bond donors (Lipinski definition) is 1. The van der Waals surface area contributed by atoms with Crippen LogP contribution in [-0.4, -0.2) is 65.6 Å². The molecule has 0 unspecified atom stereocenters. The van der Waals surface area contributed by atoms with Gasteiger partial charge in [0.1, 0.15) is 11.2 Å². The molecule has 1 saturated heterocycles. The lowest BCUT2D eigenvalue weighted by atomic mass is 10.1. The van der Waals surface area contributed by atoms with Crippen LogP contribution in [0.15, 0.2) is 12.4 Å². The number of aromatic nitrogens is 2. The van der Waals surface area contributed by atoms with E-state index < -0.39 is 39.6 Å². The molecule has 1 aromatic rings. The molecule has 1 N–H and O–H groups in total. The van der Waals surface area contributed by atoms with Gasteiger partial charge in [0.25, 0.3) is 0 Å². The van der Waals surface area contributed by atoms with Crippen molar-refractivity contribution in [3.8, 4) is 0 Å². The van der Waals surface area contributed by atoms with E-state index in [1.165, 1.54) is 22.0 Å². The first kappa shape index (κ1) is 24.8. The van der Waals surface area contributed by atoms with Crippen LogP contribution < -0.4 is 9.03 Å². The minimum atomic E-state index is -4.34. The van der Waals surface area contributed by atoms with Crippen LogP contribution in [0.4, 0.5) is 15.3 Å². The summed E-state index contributed by atoms with van der Waals surface area (Å²) < 4.78 is 41.4. The number of likely N-dealkylation sites (tertiary alicyclic amines) is 1. The minimum absolute atomic E-state index is 0.110. The number of ether oxygens (including phenoxy) is 2. The Bertz CT molecular complexity index is 900. The lowest BCUT2D eigenvalue weighted by molar-refractivity contribution is 0.0201. The fourth-order valence-electron chi connectivity index (χ4n) is 3.16. The maximum Gasteiger partial charge on any atom is 0.422 e. The Hall–Kier alpha value is -2.50. The monoisotopic (exact) mass is 459 g/mol. The molecule has 1 fully saturated rings. The van der Waals surface area contributed by atoms with Gasteiger partial charge in [-0.25, -0.2) is 18.6 Å². The normalized spacial score (nSPS) is 17.8. The molecule has 0 spiro atoms. The minimum Gasteiger partial charge on any atom is -0.444 e. The second-order valence-corrected chi connectivity index (χ2v) is 11.0. The van der Waals surface area contributed by atoms with Crippen LogP contribution in [0.2, 0.25) is 0 Å². The Morgan fingerprint density at radius 2 is 1.77 bits per heavy atom. The molecule has 0 bridgehead atoms. The van der Waals surface area contributed by atoms with Gasteiger partial charge in [0.05, 0.1) is 17.9 Å². The fourth-order valence-corrected chi connectivity index (χ4v) is 4.45. The van der Waals surface area contributed by atoms with Gasteiger partial charge in [0.2, 0.25) is 0 Å². The quantitative estimate of drug-likeness (QED) is 0.733. The zero-order valence-electron chi connectivity index (χ0n) is 19.2. The second kappa shape index (κ2) is 8.93. The van der Waals surface area contributed by atoms with E-state index in [-0.39, 0.29) is 12.2 Å². The summed E-state index contributed by atoms with van der Waals surface area (Å²) in [4.78, 5) is 26.2. The van der Waals surface area contributed by atoms with Crippen LogP contribution in [0.3, 0.4) is 0 Å². The first-order valence-corrected chi connectivity index (χ1v) is 11.5. The first-order valence-electron chi connectivity index (χ1n) is 10.1.